The van der Waals surface area contributed by atoms with Gasteiger partial charge >= 0.3 is 0 Å². The molecule has 0 atom stereocenters. The van der Waals surface area contributed by atoms with Gasteiger partial charge < -0.3 is 0 Å². The molecule has 2 nitrogen and oxygen atoms in total. The molecule has 0 unspecified atom stereocenters. The summed E-state index contributed by atoms with van der Waals surface area (Å²) in [6.45, 7) is 4.68. The highest BCUT2D eigenvalue weighted by atomic mass is 32.1. The van der Waals surface area contributed by atoms with E-state index in [9.17, 15) is 0 Å². The van der Waals surface area contributed by atoms with Gasteiger partial charge in [0, 0.05) is 62.4 Å². The molecule has 9 aromatic carbocycles. The van der Waals surface area contributed by atoms with Crippen molar-refractivity contribution in [2.75, 3.05) is 0 Å². The summed E-state index contributed by atoms with van der Waals surface area (Å²) >= 11 is 3.74. The molecule has 0 fully saturated rings. The Morgan fingerprint density at radius 2 is 0.815 bits per heavy atom. The van der Waals surface area contributed by atoms with Crippen molar-refractivity contribution < 1.29 is 0 Å². The van der Waals surface area contributed by atoms with Gasteiger partial charge in [-0.05, 0) is 98.1 Å². The first-order valence-electron chi connectivity index (χ1n) is 22.2. The molecule has 1 aliphatic rings. The van der Waals surface area contributed by atoms with Crippen LogP contribution in [0.1, 0.15) is 25.0 Å². The fourth-order valence-corrected chi connectivity index (χ4v) is 12.7. The second kappa shape index (κ2) is 14.8. The maximum atomic E-state index is 5.39. The molecule has 0 bridgehead atoms. The third-order valence-electron chi connectivity index (χ3n) is 13.5. The van der Waals surface area contributed by atoms with E-state index in [1.54, 1.807) is 0 Å². The minimum atomic E-state index is -0.0565. The molecular formula is C61H40N2S2. The largest absolute Gasteiger partial charge is 0.228 e. The van der Waals surface area contributed by atoms with E-state index < -0.39 is 0 Å². The standard InChI is InChI=1S/C61H40N2S2/c1-61(2)52-23-9-6-16-46(52)47-31-30-40(35-53(47)61)37-26-28-38(29-27-37)54-36-55(63-60(62-54)39-14-4-3-5-15-39)43-33-41(44-19-12-21-50-48-17-7-10-24-56(48)64-58(44)50)32-42(34-43)45-20-13-22-51-49-18-8-11-25-57(49)65-59(45)51/h3-36H,1-2H3. The number of thiophene rings is 2. The molecule has 0 saturated heterocycles. The minimum absolute atomic E-state index is 0.0565. The lowest BCUT2D eigenvalue weighted by molar-refractivity contribution is 0.660. The quantitative estimate of drug-likeness (QED) is 0.166. The average Bonchev–Trinajstić information content (AvgIpc) is 4.01. The van der Waals surface area contributed by atoms with Gasteiger partial charge in [-0.25, -0.2) is 9.97 Å². The van der Waals surface area contributed by atoms with Crippen molar-refractivity contribution in [3.05, 3.63) is 217 Å². The number of hydrogen-bond donors (Lipinski definition) is 0. The molecule has 0 radical (unpaired) electrons. The van der Waals surface area contributed by atoms with Gasteiger partial charge in [-0.2, -0.15) is 0 Å². The molecule has 0 amide bonds. The van der Waals surface area contributed by atoms with Crippen LogP contribution < -0.4 is 0 Å². The van der Waals surface area contributed by atoms with Crippen LogP contribution in [0.5, 0.6) is 0 Å². The van der Waals surface area contributed by atoms with Crippen LogP contribution >= 0.6 is 22.7 Å². The van der Waals surface area contributed by atoms with Gasteiger partial charge in [0.1, 0.15) is 0 Å². The molecule has 3 aromatic heterocycles. The Morgan fingerprint density at radius 1 is 0.323 bits per heavy atom. The van der Waals surface area contributed by atoms with Crippen molar-refractivity contribution >= 4 is 63.0 Å². The maximum Gasteiger partial charge on any atom is 0.160 e. The van der Waals surface area contributed by atoms with E-state index in [0.29, 0.717) is 5.82 Å². The first-order chi connectivity index (χ1) is 31.9. The second-order valence-corrected chi connectivity index (χ2v) is 19.8. The third-order valence-corrected chi connectivity index (χ3v) is 16.0. The number of benzene rings is 9. The van der Waals surface area contributed by atoms with Crippen LogP contribution in [-0.2, 0) is 5.41 Å². The molecule has 0 saturated carbocycles. The van der Waals surface area contributed by atoms with Crippen molar-refractivity contribution in [1.82, 2.24) is 9.97 Å². The highest BCUT2D eigenvalue weighted by molar-refractivity contribution is 7.26. The van der Waals surface area contributed by atoms with Crippen LogP contribution in [0.15, 0.2) is 206 Å². The van der Waals surface area contributed by atoms with Gasteiger partial charge in [0.2, 0.25) is 0 Å². The molecule has 1 aliphatic carbocycles. The van der Waals surface area contributed by atoms with Crippen LogP contribution in [-0.4, -0.2) is 9.97 Å². The monoisotopic (exact) mass is 864 g/mol. The summed E-state index contributed by atoms with van der Waals surface area (Å²) in [6.07, 6.45) is 0. The minimum Gasteiger partial charge on any atom is -0.228 e. The van der Waals surface area contributed by atoms with Crippen LogP contribution in [0.3, 0.4) is 0 Å². The molecule has 13 rings (SSSR count). The van der Waals surface area contributed by atoms with Crippen molar-refractivity contribution in [3.63, 3.8) is 0 Å². The SMILES string of the molecule is CC1(C)c2ccccc2-c2ccc(-c3ccc(-c4cc(-c5cc(-c6cccc7c6sc6ccccc67)cc(-c6cccc7c6sc6ccccc67)c5)nc(-c5ccccc5)n4)cc3)cc21. The fourth-order valence-electron chi connectivity index (χ4n) is 10.2. The van der Waals surface area contributed by atoms with Crippen molar-refractivity contribution in [3.8, 4) is 78.4 Å². The summed E-state index contributed by atoms with van der Waals surface area (Å²) < 4.78 is 5.18. The van der Waals surface area contributed by atoms with Crippen LogP contribution in [0.25, 0.3) is 119 Å². The van der Waals surface area contributed by atoms with Crippen molar-refractivity contribution in [2.24, 2.45) is 0 Å². The summed E-state index contributed by atoms with van der Waals surface area (Å²) in [4.78, 5) is 10.7. The Bertz CT molecular complexity index is 3720. The normalized spacial score (nSPS) is 12.9. The molecule has 65 heavy (non-hydrogen) atoms. The lowest BCUT2D eigenvalue weighted by atomic mass is 9.81. The fraction of sp³-hybridized carbons (Fsp3) is 0.0492. The second-order valence-electron chi connectivity index (χ2n) is 17.7. The summed E-state index contributed by atoms with van der Waals surface area (Å²) in [5.41, 5.74) is 17.4. The topological polar surface area (TPSA) is 25.8 Å². The predicted molar refractivity (Wildman–Crippen MR) is 278 cm³/mol. The molecule has 306 valence electrons. The van der Waals surface area contributed by atoms with Gasteiger partial charge in [-0.3, -0.25) is 0 Å². The van der Waals surface area contributed by atoms with E-state index in [1.165, 1.54) is 96.0 Å². The number of hydrogen-bond acceptors (Lipinski definition) is 4. The zero-order chi connectivity index (χ0) is 43.2. The lowest BCUT2D eigenvalue weighted by Gasteiger charge is -2.22. The average molecular weight is 865 g/mol. The molecule has 0 spiro atoms. The zero-order valence-corrected chi connectivity index (χ0v) is 37.5. The Balaban J connectivity index is 0.981. The van der Waals surface area contributed by atoms with Crippen molar-refractivity contribution in [1.29, 1.82) is 0 Å². The summed E-state index contributed by atoms with van der Waals surface area (Å²) in [5, 5.41) is 5.17. The van der Waals surface area contributed by atoms with E-state index in [4.69, 9.17) is 9.97 Å². The first-order valence-corrected chi connectivity index (χ1v) is 23.8. The molecule has 0 N–H and O–H groups in total. The van der Waals surface area contributed by atoms with E-state index in [0.717, 1.165) is 28.1 Å². The van der Waals surface area contributed by atoms with Gasteiger partial charge in [0.25, 0.3) is 0 Å². The predicted octanol–water partition coefficient (Wildman–Crippen LogP) is 17.5. The Kier molecular flexibility index (Phi) is 8.64. The van der Waals surface area contributed by atoms with Gasteiger partial charge in [-0.15, -0.1) is 22.7 Å². The molecule has 3 heterocycles. The molecule has 4 heteroatoms. The van der Waals surface area contributed by atoms with Crippen LogP contribution in [0.2, 0.25) is 0 Å². The van der Waals surface area contributed by atoms with Gasteiger partial charge in [0.05, 0.1) is 11.4 Å². The maximum absolute atomic E-state index is 5.39. The Morgan fingerprint density at radius 3 is 1.48 bits per heavy atom. The van der Waals surface area contributed by atoms with Crippen molar-refractivity contribution in [2.45, 2.75) is 19.3 Å². The third kappa shape index (κ3) is 6.20. The van der Waals surface area contributed by atoms with E-state index >= 15 is 0 Å². The van der Waals surface area contributed by atoms with E-state index in [-0.39, 0.29) is 5.41 Å². The Labute approximate surface area is 385 Å². The highest BCUT2D eigenvalue weighted by Gasteiger charge is 2.35. The van der Waals surface area contributed by atoms with Crippen LogP contribution in [0.4, 0.5) is 0 Å². The van der Waals surface area contributed by atoms with Crippen LogP contribution in [0, 0.1) is 0 Å². The lowest BCUT2D eigenvalue weighted by Crippen LogP contribution is -2.14. The summed E-state index contributed by atoms with van der Waals surface area (Å²) in [5.74, 6) is 0.702. The van der Waals surface area contributed by atoms with E-state index in [2.05, 4.69) is 214 Å². The molecular weight excluding hydrogens is 825 g/mol. The zero-order valence-electron chi connectivity index (χ0n) is 35.8. The van der Waals surface area contributed by atoms with E-state index in [1.807, 2.05) is 28.7 Å². The summed E-state index contributed by atoms with van der Waals surface area (Å²) in [7, 11) is 0. The number of fused-ring (bicyclic) bond motifs is 9. The smallest absolute Gasteiger partial charge is 0.160 e. The number of nitrogens with zero attached hydrogens (tertiary/aromatic N) is 2. The molecule has 12 aromatic rings. The first kappa shape index (κ1) is 38.0. The van der Waals surface area contributed by atoms with Gasteiger partial charge in [-0.1, -0.05) is 178 Å². The highest BCUT2D eigenvalue weighted by Crippen LogP contribution is 2.50. The Hall–Kier alpha value is -7.50. The van der Waals surface area contributed by atoms with Gasteiger partial charge in [0.15, 0.2) is 5.82 Å². The summed E-state index contributed by atoms with van der Waals surface area (Å²) in [6, 6.07) is 75.4. The number of rotatable bonds is 6. The number of aromatic nitrogens is 2. The molecule has 0 aliphatic heterocycles.